The summed E-state index contributed by atoms with van der Waals surface area (Å²) in [6, 6.07) is 1.46. The lowest BCUT2D eigenvalue weighted by Crippen LogP contribution is -2.21. The van der Waals surface area contributed by atoms with Gasteiger partial charge >= 0.3 is 0 Å². The van der Waals surface area contributed by atoms with Crippen molar-refractivity contribution in [3.05, 3.63) is 0 Å². The predicted molar refractivity (Wildman–Crippen MR) is 49.0 cm³/mol. The highest BCUT2D eigenvalue weighted by Gasteiger charge is 2.11. The zero-order valence-corrected chi connectivity index (χ0v) is 9.12. The van der Waals surface area contributed by atoms with Crippen molar-refractivity contribution in [1.82, 2.24) is 0 Å². The van der Waals surface area contributed by atoms with Crippen LogP contribution in [0.4, 0.5) is 0 Å². The highest BCUT2D eigenvalue weighted by atomic mass is 28.4. The van der Waals surface area contributed by atoms with Gasteiger partial charge in [-0.2, -0.15) is 0 Å². The molecule has 2 radical (unpaired) electrons. The van der Waals surface area contributed by atoms with Crippen molar-refractivity contribution in [2.75, 3.05) is 0 Å². The second-order valence-electron chi connectivity index (χ2n) is 3.74. The van der Waals surface area contributed by atoms with Crippen molar-refractivity contribution in [2.24, 2.45) is 0 Å². The average molecular weight is 158 g/mol. The quantitative estimate of drug-likeness (QED) is 0.436. The van der Waals surface area contributed by atoms with Gasteiger partial charge in [-0.05, 0) is 0 Å². The van der Waals surface area contributed by atoms with Crippen LogP contribution in [0.3, 0.4) is 0 Å². The van der Waals surface area contributed by atoms with Crippen molar-refractivity contribution < 1.29 is 0 Å². The minimum atomic E-state index is -0.682. The van der Waals surface area contributed by atoms with Crippen LogP contribution in [0, 0.1) is 0 Å². The Morgan fingerprint density at radius 3 is 2.11 bits per heavy atom. The van der Waals surface area contributed by atoms with Gasteiger partial charge in [0.05, 0.1) is 0 Å². The summed E-state index contributed by atoms with van der Waals surface area (Å²) in [4.78, 5) is 0. The van der Waals surface area contributed by atoms with Gasteiger partial charge in [0, 0.05) is 17.6 Å². The first-order valence-corrected chi connectivity index (χ1v) is 8.89. The molecule has 0 nitrogen and oxygen atoms in total. The molecule has 0 rings (SSSR count). The second-order valence-corrected chi connectivity index (χ2v) is 11.3. The Bertz CT molecular complexity index is 63.8. The molecule has 0 aliphatic carbocycles. The van der Waals surface area contributed by atoms with E-state index in [0.717, 1.165) is 0 Å². The maximum Gasteiger partial charge on any atom is 0.0412 e. The van der Waals surface area contributed by atoms with Gasteiger partial charge in [0.2, 0.25) is 0 Å². The monoisotopic (exact) mass is 158 g/mol. The van der Waals surface area contributed by atoms with Crippen molar-refractivity contribution >= 4 is 17.6 Å². The van der Waals surface area contributed by atoms with Crippen LogP contribution in [0.15, 0.2) is 0 Å². The molecule has 0 aromatic heterocycles. The topological polar surface area (TPSA) is 0 Å². The molecule has 2 heteroatoms. The SMILES string of the molecule is CCC[Si]C[Si](C)(C)C. The molecule has 0 atom stereocenters. The van der Waals surface area contributed by atoms with Crippen LogP contribution in [0.25, 0.3) is 0 Å². The van der Waals surface area contributed by atoms with E-state index in [2.05, 4.69) is 26.6 Å². The second kappa shape index (κ2) is 4.28. The van der Waals surface area contributed by atoms with Gasteiger partial charge in [0.25, 0.3) is 0 Å². The smallest absolute Gasteiger partial charge is 0.0412 e. The summed E-state index contributed by atoms with van der Waals surface area (Å²) in [6.45, 7) is 9.64. The molecule has 0 aliphatic heterocycles. The van der Waals surface area contributed by atoms with Crippen molar-refractivity contribution in [3.63, 3.8) is 0 Å². The largest absolute Gasteiger partial charge is 0.0698 e. The Morgan fingerprint density at radius 2 is 1.78 bits per heavy atom. The van der Waals surface area contributed by atoms with Crippen LogP contribution in [0.5, 0.6) is 0 Å². The molecule has 54 valence electrons. The first-order chi connectivity index (χ1) is 4.06. The van der Waals surface area contributed by atoms with Crippen LogP contribution in [0.2, 0.25) is 31.4 Å². The normalized spacial score (nSPS) is 12.0. The molecule has 0 heterocycles. The van der Waals surface area contributed by atoms with E-state index in [1.54, 1.807) is 5.67 Å². The third-order valence-electron chi connectivity index (χ3n) is 1.08. The maximum atomic E-state index is 2.45. The van der Waals surface area contributed by atoms with E-state index in [9.17, 15) is 0 Å². The highest BCUT2D eigenvalue weighted by molar-refractivity contribution is 6.83. The molecule has 0 saturated carbocycles. The molecule has 0 fully saturated rings. The predicted octanol–water partition coefficient (Wildman–Crippen LogP) is 2.81. The molecule has 0 aliphatic rings. The Balaban J connectivity index is 3.07. The third kappa shape index (κ3) is 8.43. The van der Waals surface area contributed by atoms with E-state index in [4.69, 9.17) is 0 Å². The molecule has 0 saturated heterocycles. The van der Waals surface area contributed by atoms with E-state index in [-0.39, 0.29) is 0 Å². The Labute approximate surface area is 62.9 Å². The Kier molecular flexibility index (Phi) is 4.49. The summed E-state index contributed by atoms with van der Waals surface area (Å²) >= 11 is 0. The van der Waals surface area contributed by atoms with E-state index in [0.29, 0.717) is 0 Å². The van der Waals surface area contributed by atoms with E-state index >= 15 is 0 Å². The summed E-state index contributed by atoms with van der Waals surface area (Å²) in [5, 5.41) is 0. The van der Waals surface area contributed by atoms with Crippen LogP contribution in [-0.2, 0) is 0 Å². The van der Waals surface area contributed by atoms with Gasteiger partial charge in [-0.3, -0.25) is 0 Å². The molecule has 9 heavy (non-hydrogen) atoms. The van der Waals surface area contributed by atoms with Gasteiger partial charge in [-0.15, -0.1) is 0 Å². The van der Waals surface area contributed by atoms with Gasteiger partial charge in [-0.25, -0.2) is 0 Å². The zero-order chi connectivity index (χ0) is 7.33. The summed E-state index contributed by atoms with van der Waals surface area (Å²) in [7, 11) is 0.563. The molecular formula is C7H18Si2. The third-order valence-corrected chi connectivity index (χ3v) is 7.18. The van der Waals surface area contributed by atoms with Crippen LogP contribution < -0.4 is 0 Å². The average Bonchev–Trinajstić information content (AvgIpc) is 1.63. The molecule has 0 amide bonds. The van der Waals surface area contributed by atoms with Crippen LogP contribution >= 0.6 is 0 Å². The van der Waals surface area contributed by atoms with Crippen molar-refractivity contribution in [2.45, 2.75) is 44.7 Å². The fourth-order valence-corrected chi connectivity index (χ4v) is 4.70. The summed E-state index contributed by atoms with van der Waals surface area (Å²) in [6.07, 6.45) is 1.38. The van der Waals surface area contributed by atoms with E-state index < -0.39 is 8.07 Å². The van der Waals surface area contributed by atoms with Crippen molar-refractivity contribution in [1.29, 1.82) is 0 Å². The van der Waals surface area contributed by atoms with Crippen molar-refractivity contribution in [3.8, 4) is 0 Å². The lowest BCUT2D eigenvalue weighted by atomic mass is 10.6. The fraction of sp³-hybridized carbons (Fsp3) is 1.00. The molecule has 0 N–H and O–H groups in total. The maximum absolute atomic E-state index is 2.45. The molecular weight excluding hydrogens is 140 g/mol. The van der Waals surface area contributed by atoms with Crippen LogP contribution in [-0.4, -0.2) is 17.6 Å². The Morgan fingerprint density at radius 1 is 1.22 bits per heavy atom. The summed E-state index contributed by atoms with van der Waals surface area (Å²) < 4.78 is 0. The molecule has 0 aromatic carbocycles. The number of hydrogen-bond donors (Lipinski definition) is 0. The summed E-state index contributed by atoms with van der Waals surface area (Å²) in [5.41, 5.74) is 1.54. The van der Waals surface area contributed by atoms with Gasteiger partial charge in [-0.1, -0.05) is 44.7 Å². The minimum Gasteiger partial charge on any atom is -0.0698 e. The first-order valence-electron chi connectivity index (χ1n) is 3.77. The number of rotatable bonds is 4. The van der Waals surface area contributed by atoms with Gasteiger partial charge < -0.3 is 0 Å². The van der Waals surface area contributed by atoms with E-state index in [1.807, 2.05) is 0 Å². The lowest BCUT2D eigenvalue weighted by Gasteiger charge is -2.13. The fourth-order valence-electron chi connectivity index (χ4n) is 0.640. The molecule has 0 unspecified atom stereocenters. The lowest BCUT2D eigenvalue weighted by molar-refractivity contribution is 1.07. The number of hydrogen-bond acceptors (Lipinski definition) is 0. The molecule has 0 spiro atoms. The highest BCUT2D eigenvalue weighted by Crippen LogP contribution is 2.07. The standard InChI is InChI=1S/C7H18Si2/c1-5-6-8-7-9(2,3)4/h5-7H2,1-4H3. The minimum absolute atomic E-state index is 0.682. The zero-order valence-electron chi connectivity index (χ0n) is 7.12. The van der Waals surface area contributed by atoms with Crippen LogP contribution in [0.1, 0.15) is 13.3 Å². The Hall–Kier alpha value is 0.434. The first kappa shape index (κ1) is 9.43. The van der Waals surface area contributed by atoms with E-state index in [1.165, 1.54) is 22.0 Å². The molecule has 0 bridgehead atoms. The molecule has 0 aromatic rings. The van der Waals surface area contributed by atoms with Gasteiger partial charge in [0.15, 0.2) is 0 Å². The summed E-state index contributed by atoms with van der Waals surface area (Å²) in [5.74, 6) is 0. The van der Waals surface area contributed by atoms with Gasteiger partial charge in [0.1, 0.15) is 0 Å².